The summed E-state index contributed by atoms with van der Waals surface area (Å²) in [6, 6.07) is 14.1. The zero-order valence-electron chi connectivity index (χ0n) is 15.7. The lowest BCUT2D eigenvalue weighted by Crippen LogP contribution is -2.39. The van der Waals surface area contributed by atoms with E-state index in [2.05, 4.69) is 0 Å². The molecule has 1 aliphatic heterocycles. The fraction of sp³-hybridized carbons (Fsp3) is 0.381. The Labute approximate surface area is 161 Å². The van der Waals surface area contributed by atoms with Crippen molar-refractivity contribution in [3.63, 3.8) is 0 Å². The quantitative estimate of drug-likeness (QED) is 0.710. The number of Topliss-reactive ketones (excluding diaryl/α,β-unsaturated/α-hetero) is 1. The Bertz CT molecular complexity index is 898. The average Bonchev–Trinajstić information content (AvgIpc) is 2.67. The molecule has 0 spiro atoms. The molecule has 1 saturated heterocycles. The SMILES string of the molecule is CC(=O)c1ccc(S(=O)(=O)N2CCC(COc3cccc(C)c3)CC2)cc1. The molecule has 0 unspecified atom stereocenters. The second-order valence-corrected chi connectivity index (χ2v) is 8.99. The van der Waals surface area contributed by atoms with Gasteiger partial charge in [-0.2, -0.15) is 4.31 Å². The molecule has 0 aromatic heterocycles. The molecule has 0 N–H and O–H groups in total. The van der Waals surface area contributed by atoms with Crippen LogP contribution < -0.4 is 4.74 Å². The Hall–Kier alpha value is -2.18. The molecule has 1 heterocycles. The summed E-state index contributed by atoms with van der Waals surface area (Å²) < 4.78 is 33.0. The van der Waals surface area contributed by atoms with Crippen LogP contribution in [0.3, 0.4) is 0 Å². The van der Waals surface area contributed by atoms with Crippen LogP contribution in [0.1, 0.15) is 35.7 Å². The van der Waals surface area contributed by atoms with Crippen molar-refractivity contribution < 1.29 is 17.9 Å². The molecular formula is C21H25NO4S. The molecule has 0 bridgehead atoms. The Kier molecular flexibility index (Phi) is 5.97. The number of ketones is 1. The average molecular weight is 388 g/mol. The Morgan fingerprint density at radius 2 is 1.78 bits per heavy atom. The smallest absolute Gasteiger partial charge is 0.243 e. The Morgan fingerprint density at radius 1 is 1.11 bits per heavy atom. The zero-order chi connectivity index (χ0) is 19.4. The number of aryl methyl sites for hydroxylation is 1. The van der Waals surface area contributed by atoms with E-state index in [0.29, 0.717) is 31.2 Å². The molecule has 0 saturated carbocycles. The van der Waals surface area contributed by atoms with Crippen LogP contribution in [0.2, 0.25) is 0 Å². The van der Waals surface area contributed by atoms with Crippen molar-refractivity contribution >= 4 is 15.8 Å². The third-order valence-electron chi connectivity index (χ3n) is 4.95. The van der Waals surface area contributed by atoms with Gasteiger partial charge in [-0.05, 0) is 62.4 Å². The first-order valence-corrected chi connectivity index (χ1v) is 10.6. The number of rotatable bonds is 6. The van der Waals surface area contributed by atoms with Crippen LogP contribution >= 0.6 is 0 Å². The number of carbonyl (C=O) groups is 1. The van der Waals surface area contributed by atoms with Gasteiger partial charge in [0.1, 0.15) is 5.75 Å². The van der Waals surface area contributed by atoms with Crippen molar-refractivity contribution in [1.29, 1.82) is 0 Å². The van der Waals surface area contributed by atoms with Crippen molar-refractivity contribution in [3.05, 3.63) is 59.7 Å². The van der Waals surface area contributed by atoms with Gasteiger partial charge in [0.25, 0.3) is 0 Å². The highest BCUT2D eigenvalue weighted by Crippen LogP contribution is 2.25. The van der Waals surface area contributed by atoms with Gasteiger partial charge < -0.3 is 4.74 Å². The van der Waals surface area contributed by atoms with Crippen molar-refractivity contribution in [1.82, 2.24) is 4.31 Å². The number of hydrogen-bond acceptors (Lipinski definition) is 4. The van der Waals surface area contributed by atoms with E-state index < -0.39 is 10.0 Å². The fourth-order valence-electron chi connectivity index (χ4n) is 3.25. The zero-order valence-corrected chi connectivity index (χ0v) is 16.5. The molecule has 1 aliphatic rings. The molecule has 2 aromatic carbocycles. The van der Waals surface area contributed by atoms with Gasteiger partial charge >= 0.3 is 0 Å². The van der Waals surface area contributed by atoms with Gasteiger partial charge in [-0.25, -0.2) is 8.42 Å². The summed E-state index contributed by atoms with van der Waals surface area (Å²) in [5.74, 6) is 1.13. The third-order valence-corrected chi connectivity index (χ3v) is 6.86. The van der Waals surface area contributed by atoms with Crippen LogP contribution in [-0.4, -0.2) is 38.2 Å². The molecule has 3 rings (SSSR count). The maximum Gasteiger partial charge on any atom is 0.243 e. The normalized spacial score (nSPS) is 16.2. The monoisotopic (exact) mass is 387 g/mol. The topological polar surface area (TPSA) is 63.7 Å². The van der Waals surface area contributed by atoms with Gasteiger partial charge in [0, 0.05) is 18.7 Å². The highest BCUT2D eigenvalue weighted by molar-refractivity contribution is 7.89. The number of hydrogen-bond donors (Lipinski definition) is 0. The van der Waals surface area contributed by atoms with Gasteiger partial charge in [0.2, 0.25) is 10.0 Å². The predicted octanol–water partition coefficient (Wildman–Crippen LogP) is 3.68. The number of carbonyl (C=O) groups excluding carboxylic acids is 1. The summed E-state index contributed by atoms with van der Waals surface area (Å²) in [5.41, 5.74) is 1.67. The molecule has 27 heavy (non-hydrogen) atoms. The molecule has 1 fully saturated rings. The number of nitrogens with zero attached hydrogens (tertiary/aromatic N) is 1. The first-order chi connectivity index (χ1) is 12.9. The second kappa shape index (κ2) is 8.23. The van der Waals surface area contributed by atoms with Crippen molar-refractivity contribution in [3.8, 4) is 5.75 Å². The molecule has 0 atom stereocenters. The standard InChI is InChI=1S/C21H25NO4S/c1-16-4-3-5-20(14-16)26-15-18-10-12-22(13-11-18)27(24,25)21-8-6-19(7-9-21)17(2)23/h3-9,14,18H,10-13,15H2,1-2H3. The molecule has 0 amide bonds. The van der Waals surface area contributed by atoms with E-state index >= 15 is 0 Å². The summed E-state index contributed by atoms with van der Waals surface area (Å²) >= 11 is 0. The van der Waals surface area contributed by atoms with Crippen molar-refractivity contribution in [2.24, 2.45) is 5.92 Å². The lowest BCUT2D eigenvalue weighted by atomic mass is 9.99. The largest absolute Gasteiger partial charge is 0.493 e. The Morgan fingerprint density at radius 3 is 2.37 bits per heavy atom. The first-order valence-electron chi connectivity index (χ1n) is 9.17. The number of benzene rings is 2. The van der Waals surface area contributed by atoms with Crippen molar-refractivity contribution in [2.75, 3.05) is 19.7 Å². The van der Waals surface area contributed by atoms with Crippen LogP contribution in [0.4, 0.5) is 0 Å². The molecule has 144 valence electrons. The third kappa shape index (κ3) is 4.76. The molecule has 0 aliphatic carbocycles. The highest BCUT2D eigenvalue weighted by atomic mass is 32.2. The van der Waals surface area contributed by atoms with Gasteiger partial charge in [-0.15, -0.1) is 0 Å². The van der Waals surface area contributed by atoms with Crippen LogP contribution in [0, 0.1) is 12.8 Å². The number of sulfonamides is 1. The number of ether oxygens (including phenoxy) is 1. The minimum Gasteiger partial charge on any atom is -0.493 e. The molecular weight excluding hydrogens is 362 g/mol. The van der Waals surface area contributed by atoms with Crippen molar-refractivity contribution in [2.45, 2.75) is 31.6 Å². The molecule has 6 heteroatoms. The summed E-state index contributed by atoms with van der Waals surface area (Å²) in [6.45, 7) is 5.06. The lowest BCUT2D eigenvalue weighted by Gasteiger charge is -2.31. The van der Waals surface area contributed by atoms with Crippen LogP contribution in [0.25, 0.3) is 0 Å². The summed E-state index contributed by atoms with van der Waals surface area (Å²) in [5, 5.41) is 0. The minimum absolute atomic E-state index is 0.0756. The van der Waals surface area contributed by atoms with E-state index in [9.17, 15) is 13.2 Å². The van der Waals surface area contributed by atoms with E-state index in [-0.39, 0.29) is 10.7 Å². The first kappa shape index (κ1) is 19.6. The van der Waals surface area contributed by atoms with Gasteiger partial charge in [0.05, 0.1) is 11.5 Å². The summed E-state index contributed by atoms with van der Waals surface area (Å²) in [4.78, 5) is 11.6. The van der Waals surface area contributed by atoms with Crippen LogP contribution in [-0.2, 0) is 10.0 Å². The molecule has 2 aromatic rings. The highest BCUT2D eigenvalue weighted by Gasteiger charge is 2.29. The van der Waals surface area contributed by atoms with E-state index in [1.165, 1.54) is 23.4 Å². The fourth-order valence-corrected chi connectivity index (χ4v) is 4.72. The Balaban J connectivity index is 1.56. The van der Waals surface area contributed by atoms with Gasteiger partial charge in [0.15, 0.2) is 5.78 Å². The summed E-state index contributed by atoms with van der Waals surface area (Å²) in [7, 11) is -3.52. The van der Waals surface area contributed by atoms with Gasteiger partial charge in [-0.1, -0.05) is 24.3 Å². The van der Waals surface area contributed by atoms with E-state index in [1.807, 2.05) is 31.2 Å². The number of piperidine rings is 1. The van der Waals surface area contributed by atoms with E-state index in [1.54, 1.807) is 12.1 Å². The van der Waals surface area contributed by atoms with Crippen LogP contribution in [0.5, 0.6) is 5.75 Å². The molecule has 0 radical (unpaired) electrons. The van der Waals surface area contributed by atoms with E-state index in [4.69, 9.17) is 4.74 Å². The van der Waals surface area contributed by atoms with Crippen LogP contribution in [0.15, 0.2) is 53.4 Å². The molecule has 5 nitrogen and oxygen atoms in total. The second-order valence-electron chi connectivity index (χ2n) is 7.06. The maximum atomic E-state index is 12.8. The summed E-state index contributed by atoms with van der Waals surface area (Å²) in [6.07, 6.45) is 1.55. The maximum absolute atomic E-state index is 12.8. The minimum atomic E-state index is -3.52. The predicted molar refractivity (Wildman–Crippen MR) is 105 cm³/mol. The van der Waals surface area contributed by atoms with E-state index in [0.717, 1.165) is 24.2 Å². The van der Waals surface area contributed by atoms with Gasteiger partial charge in [-0.3, -0.25) is 4.79 Å². The lowest BCUT2D eigenvalue weighted by molar-refractivity contribution is 0.101.